The molecule has 1 atom stereocenters. The third-order valence-electron chi connectivity index (χ3n) is 2.57. The fourth-order valence-electron chi connectivity index (χ4n) is 1.80. The molecule has 1 unspecified atom stereocenters. The molecule has 15 heavy (non-hydrogen) atoms. The van der Waals surface area contributed by atoms with Gasteiger partial charge in [-0.25, -0.2) is 8.42 Å². The molecule has 0 saturated carbocycles. The summed E-state index contributed by atoms with van der Waals surface area (Å²) in [6.07, 6.45) is 3.59. The number of rotatable bonds is 2. The Kier molecular flexibility index (Phi) is 3.06. The van der Waals surface area contributed by atoms with Gasteiger partial charge in [-0.15, -0.1) is 0 Å². The standard InChI is InChI=1S/C9H11BrN2O2S/c10-7-4-8(12-11-6-7)5-9-2-1-3-15(9,13)14/h4,6,9H,1-3,5H2. The summed E-state index contributed by atoms with van der Waals surface area (Å²) >= 11 is 3.29. The summed E-state index contributed by atoms with van der Waals surface area (Å²) in [5.41, 5.74) is 0.736. The molecule has 4 nitrogen and oxygen atoms in total. The van der Waals surface area contributed by atoms with E-state index in [1.807, 2.05) is 6.07 Å². The van der Waals surface area contributed by atoms with Gasteiger partial charge < -0.3 is 0 Å². The average Bonchev–Trinajstić information content (AvgIpc) is 2.46. The number of sulfone groups is 1. The molecule has 1 fully saturated rings. The van der Waals surface area contributed by atoms with E-state index in [1.54, 1.807) is 6.20 Å². The van der Waals surface area contributed by atoms with E-state index < -0.39 is 9.84 Å². The van der Waals surface area contributed by atoms with Gasteiger partial charge in [0, 0.05) is 10.9 Å². The SMILES string of the molecule is O=S1(=O)CCCC1Cc1cc(Br)cnn1. The topological polar surface area (TPSA) is 59.9 Å². The number of hydrogen-bond acceptors (Lipinski definition) is 4. The van der Waals surface area contributed by atoms with E-state index in [0.717, 1.165) is 23.0 Å². The van der Waals surface area contributed by atoms with Crippen LogP contribution < -0.4 is 0 Å². The molecule has 0 bridgehead atoms. The number of halogens is 1. The molecule has 6 heteroatoms. The Bertz CT molecular complexity index is 461. The van der Waals surface area contributed by atoms with E-state index in [4.69, 9.17) is 0 Å². The van der Waals surface area contributed by atoms with Crippen molar-refractivity contribution in [1.29, 1.82) is 0 Å². The fraction of sp³-hybridized carbons (Fsp3) is 0.556. The van der Waals surface area contributed by atoms with E-state index in [-0.39, 0.29) is 5.25 Å². The minimum Gasteiger partial charge on any atom is -0.229 e. The maximum atomic E-state index is 11.6. The van der Waals surface area contributed by atoms with Gasteiger partial charge in [0.2, 0.25) is 0 Å². The lowest BCUT2D eigenvalue weighted by atomic mass is 10.1. The van der Waals surface area contributed by atoms with Gasteiger partial charge in [-0.05, 0) is 34.8 Å². The summed E-state index contributed by atoms with van der Waals surface area (Å²) < 4.78 is 24.0. The van der Waals surface area contributed by atoms with Crippen molar-refractivity contribution in [3.8, 4) is 0 Å². The van der Waals surface area contributed by atoms with E-state index in [9.17, 15) is 8.42 Å². The third-order valence-corrected chi connectivity index (χ3v) is 5.28. The van der Waals surface area contributed by atoms with Crippen LogP contribution in [0.2, 0.25) is 0 Å². The average molecular weight is 291 g/mol. The Morgan fingerprint density at radius 2 is 2.33 bits per heavy atom. The van der Waals surface area contributed by atoms with Crippen molar-refractivity contribution in [1.82, 2.24) is 10.2 Å². The van der Waals surface area contributed by atoms with Gasteiger partial charge in [-0.1, -0.05) is 0 Å². The molecule has 1 aliphatic rings. The number of nitrogens with zero attached hydrogens (tertiary/aromatic N) is 2. The summed E-state index contributed by atoms with van der Waals surface area (Å²) in [5, 5.41) is 7.44. The zero-order valence-corrected chi connectivity index (χ0v) is 10.5. The summed E-state index contributed by atoms with van der Waals surface area (Å²) in [5.74, 6) is 0.319. The van der Waals surface area contributed by atoms with Gasteiger partial charge in [-0.2, -0.15) is 10.2 Å². The lowest BCUT2D eigenvalue weighted by Gasteiger charge is -2.07. The third kappa shape index (κ3) is 2.55. The molecule has 0 radical (unpaired) electrons. The first-order chi connectivity index (χ1) is 7.08. The molecular formula is C9H11BrN2O2S. The molecule has 1 aliphatic heterocycles. The second-order valence-corrected chi connectivity index (χ2v) is 7.02. The smallest absolute Gasteiger partial charge is 0.153 e. The molecule has 1 aromatic rings. The highest BCUT2D eigenvalue weighted by Gasteiger charge is 2.31. The van der Waals surface area contributed by atoms with Gasteiger partial charge in [-0.3, -0.25) is 0 Å². The Hall–Kier alpha value is -0.490. The minimum atomic E-state index is -2.88. The van der Waals surface area contributed by atoms with Crippen LogP contribution in [0, 0.1) is 0 Å². The zero-order valence-electron chi connectivity index (χ0n) is 8.06. The van der Waals surface area contributed by atoms with Crippen LogP contribution in [0.25, 0.3) is 0 Å². The van der Waals surface area contributed by atoms with Crippen molar-refractivity contribution in [2.75, 3.05) is 5.75 Å². The van der Waals surface area contributed by atoms with Crippen molar-refractivity contribution in [2.45, 2.75) is 24.5 Å². The van der Waals surface area contributed by atoms with Gasteiger partial charge in [0.05, 0.1) is 22.9 Å². The lowest BCUT2D eigenvalue weighted by Crippen LogP contribution is -2.19. The second-order valence-electron chi connectivity index (χ2n) is 3.70. The highest BCUT2D eigenvalue weighted by molar-refractivity contribution is 9.10. The summed E-state index contributed by atoms with van der Waals surface area (Å²) in [6.45, 7) is 0. The predicted molar refractivity (Wildman–Crippen MR) is 60.2 cm³/mol. The quantitative estimate of drug-likeness (QED) is 0.825. The van der Waals surface area contributed by atoms with Crippen molar-refractivity contribution in [3.05, 3.63) is 22.4 Å². The maximum absolute atomic E-state index is 11.6. The maximum Gasteiger partial charge on any atom is 0.153 e. The van der Waals surface area contributed by atoms with E-state index >= 15 is 0 Å². The van der Waals surface area contributed by atoms with Crippen LogP contribution >= 0.6 is 15.9 Å². The normalized spacial score (nSPS) is 24.2. The molecule has 0 aromatic carbocycles. The molecule has 0 aliphatic carbocycles. The van der Waals surface area contributed by atoms with Gasteiger partial charge >= 0.3 is 0 Å². The van der Waals surface area contributed by atoms with Gasteiger partial charge in [0.15, 0.2) is 9.84 Å². The van der Waals surface area contributed by atoms with Crippen LogP contribution in [0.1, 0.15) is 18.5 Å². The monoisotopic (exact) mass is 290 g/mol. The minimum absolute atomic E-state index is 0.263. The zero-order chi connectivity index (χ0) is 10.9. The van der Waals surface area contributed by atoms with Crippen molar-refractivity contribution in [3.63, 3.8) is 0 Å². The molecule has 1 saturated heterocycles. The second kappa shape index (κ2) is 4.17. The summed E-state index contributed by atoms with van der Waals surface area (Å²) in [4.78, 5) is 0. The largest absolute Gasteiger partial charge is 0.229 e. The Labute approximate surface area is 97.2 Å². The number of hydrogen-bond donors (Lipinski definition) is 0. The molecule has 2 rings (SSSR count). The van der Waals surface area contributed by atoms with Crippen LogP contribution in [0.15, 0.2) is 16.7 Å². The van der Waals surface area contributed by atoms with Gasteiger partial charge in [0.1, 0.15) is 0 Å². The van der Waals surface area contributed by atoms with Gasteiger partial charge in [0.25, 0.3) is 0 Å². The summed E-state index contributed by atoms with van der Waals surface area (Å²) in [7, 11) is -2.88. The molecule has 0 spiro atoms. The van der Waals surface area contributed by atoms with Crippen LogP contribution in [-0.2, 0) is 16.3 Å². The highest BCUT2D eigenvalue weighted by atomic mass is 79.9. The first kappa shape index (κ1) is 11.0. The van der Waals surface area contributed by atoms with Crippen LogP contribution in [0.3, 0.4) is 0 Å². The van der Waals surface area contributed by atoms with Crippen molar-refractivity contribution < 1.29 is 8.42 Å². The lowest BCUT2D eigenvalue weighted by molar-refractivity contribution is 0.587. The first-order valence-corrected chi connectivity index (χ1v) is 7.27. The van der Waals surface area contributed by atoms with E-state index in [1.165, 1.54) is 0 Å². The molecule has 2 heterocycles. The Balaban J connectivity index is 2.16. The van der Waals surface area contributed by atoms with Crippen molar-refractivity contribution >= 4 is 25.8 Å². The first-order valence-electron chi connectivity index (χ1n) is 4.76. The number of aromatic nitrogens is 2. The van der Waals surface area contributed by atoms with Crippen LogP contribution in [0.4, 0.5) is 0 Å². The molecule has 1 aromatic heterocycles. The summed E-state index contributed by atoms with van der Waals surface area (Å²) in [6, 6.07) is 1.82. The molecule has 0 N–H and O–H groups in total. The molecule has 0 amide bonds. The van der Waals surface area contributed by atoms with Crippen LogP contribution in [-0.4, -0.2) is 29.6 Å². The molecule has 82 valence electrons. The van der Waals surface area contributed by atoms with Crippen LogP contribution in [0.5, 0.6) is 0 Å². The highest BCUT2D eigenvalue weighted by Crippen LogP contribution is 2.23. The van der Waals surface area contributed by atoms with Crippen molar-refractivity contribution in [2.24, 2.45) is 0 Å². The molecular weight excluding hydrogens is 280 g/mol. The Morgan fingerprint density at radius 3 is 2.93 bits per heavy atom. The van der Waals surface area contributed by atoms with E-state index in [2.05, 4.69) is 26.1 Å². The Morgan fingerprint density at radius 1 is 1.53 bits per heavy atom. The van der Waals surface area contributed by atoms with E-state index in [0.29, 0.717) is 12.2 Å². The predicted octanol–water partition coefficient (Wildman–Crippen LogP) is 1.36. The fourth-order valence-corrected chi connectivity index (χ4v) is 4.01.